The van der Waals surface area contributed by atoms with Crippen LogP contribution in [0.15, 0.2) is 23.3 Å². The monoisotopic (exact) mass is 486 g/mol. The van der Waals surface area contributed by atoms with Crippen molar-refractivity contribution in [1.29, 1.82) is 0 Å². The van der Waals surface area contributed by atoms with Crippen molar-refractivity contribution in [3.8, 4) is 0 Å². The molecule has 0 aromatic heterocycles. The highest BCUT2D eigenvalue weighted by Gasteiger charge is 2.65. The van der Waals surface area contributed by atoms with E-state index in [2.05, 4.69) is 20.4 Å². The summed E-state index contributed by atoms with van der Waals surface area (Å²) in [4.78, 5) is 38.8. The maximum Gasteiger partial charge on any atom is 0.310 e. The second kappa shape index (κ2) is 8.95. The fraction of sp³-hybridized carbons (Fsp3) is 0.759. The average molecular weight is 487 g/mol. The molecule has 0 bridgehead atoms. The highest BCUT2D eigenvalue weighted by molar-refractivity contribution is 6.12. The van der Waals surface area contributed by atoms with Gasteiger partial charge in [0.15, 0.2) is 11.6 Å². The molecular weight excluding hydrogens is 444 g/mol. The number of rotatable bonds is 6. The van der Waals surface area contributed by atoms with E-state index in [1.165, 1.54) is 0 Å². The fourth-order valence-corrected chi connectivity index (χ4v) is 8.40. The molecule has 0 heterocycles. The van der Waals surface area contributed by atoms with Gasteiger partial charge in [0.1, 0.15) is 6.10 Å². The van der Waals surface area contributed by atoms with E-state index >= 15 is 0 Å². The molecule has 2 fully saturated rings. The summed E-state index contributed by atoms with van der Waals surface area (Å²) < 4.78 is 0. The van der Waals surface area contributed by atoms with Crippen LogP contribution in [0.3, 0.4) is 0 Å². The van der Waals surface area contributed by atoms with Gasteiger partial charge >= 0.3 is 5.97 Å². The van der Waals surface area contributed by atoms with Gasteiger partial charge in [0.05, 0.1) is 12.0 Å². The lowest BCUT2D eigenvalue weighted by Crippen LogP contribution is -2.58. The first-order valence-electron chi connectivity index (χ1n) is 13.3. The van der Waals surface area contributed by atoms with Crippen molar-refractivity contribution in [1.82, 2.24) is 0 Å². The van der Waals surface area contributed by atoms with Crippen LogP contribution >= 0.6 is 0 Å². The Labute approximate surface area is 208 Å². The Kier molecular flexibility index (Phi) is 6.72. The molecule has 0 aliphatic heterocycles. The second-order valence-electron chi connectivity index (χ2n) is 12.5. The molecule has 2 unspecified atom stereocenters. The predicted molar refractivity (Wildman–Crippen MR) is 132 cm³/mol. The number of hydrogen-bond donors (Lipinski definition) is 3. The molecule has 6 nitrogen and oxygen atoms in total. The van der Waals surface area contributed by atoms with Crippen LogP contribution in [0.1, 0.15) is 79.6 Å². The zero-order valence-electron chi connectivity index (χ0n) is 21.8. The SMILES string of the molecule is C=C(CCC(C)[C@H]1CC[C@H]2C3=C(C(=O)[C@@H](O)[C@]12C)[C@@]1(C)CC[C@@H](O)[C@@H](C)[C@@H]1CC3=O)C(C)C(=O)O. The molecule has 0 radical (unpaired) electrons. The molecule has 4 rings (SSSR count). The topological polar surface area (TPSA) is 112 Å². The van der Waals surface area contributed by atoms with Crippen molar-refractivity contribution < 1.29 is 29.7 Å². The fourth-order valence-electron chi connectivity index (χ4n) is 8.40. The Bertz CT molecular complexity index is 980. The minimum atomic E-state index is -1.16. The average Bonchev–Trinajstić information content (AvgIpc) is 3.16. The number of aliphatic hydroxyl groups is 2. The minimum Gasteiger partial charge on any atom is -0.481 e. The van der Waals surface area contributed by atoms with Crippen LogP contribution in [-0.4, -0.2) is 45.1 Å². The first-order valence-corrected chi connectivity index (χ1v) is 13.3. The molecule has 6 heteroatoms. The van der Waals surface area contributed by atoms with E-state index in [0.717, 1.165) is 19.3 Å². The molecule has 0 aromatic rings. The lowest BCUT2D eigenvalue weighted by molar-refractivity contribution is -0.145. The molecular formula is C29H42O6. The second-order valence-corrected chi connectivity index (χ2v) is 12.5. The van der Waals surface area contributed by atoms with Gasteiger partial charge < -0.3 is 15.3 Å². The summed E-state index contributed by atoms with van der Waals surface area (Å²) in [6.45, 7) is 13.8. The number of aliphatic carboxylic acids is 1. The lowest BCUT2D eigenvalue weighted by Gasteiger charge is -2.56. The number of carbonyl (C=O) groups excluding carboxylic acids is 2. The smallest absolute Gasteiger partial charge is 0.310 e. The van der Waals surface area contributed by atoms with Gasteiger partial charge in [0.25, 0.3) is 0 Å². The molecule has 194 valence electrons. The van der Waals surface area contributed by atoms with Crippen molar-refractivity contribution in [2.75, 3.05) is 0 Å². The molecule has 4 aliphatic carbocycles. The first-order chi connectivity index (χ1) is 16.3. The summed E-state index contributed by atoms with van der Waals surface area (Å²) in [7, 11) is 0. The Morgan fingerprint density at radius 1 is 1.14 bits per heavy atom. The van der Waals surface area contributed by atoms with Crippen molar-refractivity contribution in [3.63, 3.8) is 0 Å². The van der Waals surface area contributed by atoms with Gasteiger partial charge in [-0.15, -0.1) is 0 Å². The number of carboxylic acids is 1. The Hall–Kier alpha value is -1.79. The molecule has 0 spiro atoms. The summed E-state index contributed by atoms with van der Waals surface area (Å²) in [6.07, 6.45) is 2.90. The van der Waals surface area contributed by atoms with Crippen molar-refractivity contribution >= 4 is 17.5 Å². The number of carboxylic acid groups (broad SMARTS) is 1. The van der Waals surface area contributed by atoms with Crippen molar-refractivity contribution in [2.45, 2.75) is 91.8 Å². The Morgan fingerprint density at radius 3 is 2.43 bits per heavy atom. The van der Waals surface area contributed by atoms with Crippen LogP contribution in [0.4, 0.5) is 0 Å². The molecule has 0 amide bonds. The maximum atomic E-state index is 13.9. The van der Waals surface area contributed by atoms with Gasteiger partial charge in [0.2, 0.25) is 0 Å². The van der Waals surface area contributed by atoms with Crippen molar-refractivity contribution in [2.24, 2.45) is 46.3 Å². The number of carbonyl (C=O) groups is 3. The van der Waals surface area contributed by atoms with E-state index in [0.29, 0.717) is 42.4 Å². The maximum absolute atomic E-state index is 13.9. The van der Waals surface area contributed by atoms with E-state index in [1.807, 2.05) is 13.8 Å². The van der Waals surface area contributed by atoms with Gasteiger partial charge in [-0.25, -0.2) is 0 Å². The molecule has 10 atom stereocenters. The summed E-state index contributed by atoms with van der Waals surface area (Å²) in [5, 5.41) is 31.3. The van der Waals surface area contributed by atoms with E-state index in [1.54, 1.807) is 6.92 Å². The molecule has 4 aliphatic rings. The molecule has 2 saturated carbocycles. The van der Waals surface area contributed by atoms with Gasteiger partial charge in [-0.1, -0.05) is 39.8 Å². The summed E-state index contributed by atoms with van der Waals surface area (Å²) in [5.74, 6) is -1.84. The third kappa shape index (κ3) is 3.78. The Morgan fingerprint density at radius 2 is 1.80 bits per heavy atom. The number of Topliss-reactive ketones (excluding diaryl/α,β-unsaturated/α-hetero) is 2. The van der Waals surface area contributed by atoms with Gasteiger partial charge in [-0.3, -0.25) is 14.4 Å². The van der Waals surface area contributed by atoms with Gasteiger partial charge in [-0.05, 0) is 75.0 Å². The number of aliphatic hydroxyl groups excluding tert-OH is 2. The van der Waals surface area contributed by atoms with Gasteiger partial charge in [-0.2, -0.15) is 0 Å². The lowest BCUT2D eigenvalue weighted by atomic mass is 9.47. The number of fused-ring (bicyclic) bond motifs is 4. The number of ketones is 2. The van der Waals surface area contributed by atoms with Gasteiger partial charge in [0, 0.05) is 28.4 Å². The number of hydrogen-bond acceptors (Lipinski definition) is 5. The summed E-state index contributed by atoms with van der Waals surface area (Å²) >= 11 is 0. The largest absolute Gasteiger partial charge is 0.481 e. The third-order valence-electron chi connectivity index (χ3n) is 10.9. The van der Waals surface area contributed by atoms with Crippen LogP contribution < -0.4 is 0 Å². The van der Waals surface area contributed by atoms with Crippen molar-refractivity contribution in [3.05, 3.63) is 23.3 Å². The van der Waals surface area contributed by atoms with Crippen LogP contribution in [-0.2, 0) is 14.4 Å². The summed E-state index contributed by atoms with van der Waals surface area (Å²) in [5.41, 5.74) is 0.709. The van der Waals surface area contributed by atoms with E-state index in [9.17, 15) is 29.7 Å². The molecule has 0 saturated heterocycles. The highest BCUT2D eigenvalue weighted by Crippen LogP contribution is 2.65. The van der Waals surface area contributed by atoms with Crippen LogP contribution in [0.2, 0.25) is 0 Å². The van der Waals surface area contributed by atoms with E-state index in [-0.39, 0.29) is 41.2 Å². The zero-order valence-corrected chi connectivity index (χ0v) is 21.8. The normalized spacial score (nSPS) is 42.7. The number of allylic oxidation sites excluding steroid dienone is 1. The third-order valence-corrected chi connectivity index (χ3v) is 10.9. The quantitative estimate of drug-likeness (QED) is 0.482. The Balaban J connectivity index is 1.66. The zero-order chi connectivity index (χ0) is 26.0. The molecule has 35 heavy (non-hydrogen) atoms. The van der Waals surface area contributed by atoms with Crippen LogP contribution in [0, 0.1) is 46.3 Å². The highest BCUT2D eigenvalue weighted by atomic mass is 16.4. The predicted octanol–water partition coefficient (Wildman–Crippen LogP) is 4.34. The standard InChI is InChI=1S/C29H42O6/c1-14(16(3)27(34)35)7-8-15(2)18-9-10-19-23-22(31)13-20-17(4)21(30)11-12-28(20,5)24(23)25(32)26(33)29(18,19)6/h15-21,26,30,33H,1,7-13H2,2-6H3,(H,34,35)/t15?,16?,17-,18+,19-,20-,21+,26+,28-,29+/m0/s1. The summed E-state index contributed by atoms with van der Waals surface area (Å²) in [6, 6.07) is 0. The molecule has 0 aromatic carbocycles. The van der Waals surface area contributed by atoms with E-state index in [4.69, 9.17) is 0 Å². The first kappa shape index (κ1) is 26.3. The minimum absolute atomic E-state index is 0.0249. The van der Waals surface area contributed by atoms with Crippen LogP contribution in [0.25, 0.3) is 0 Å². The van der Waals surface area contributed by atoms with Crippen LogP contribution in [0.5, 0.6) is 0 Å². The molecule has 3 N–H and O–H groups in total. The van der Waals surface area contributed by atoms with E-state index < -0.39 is 34.9 Å².